The highest BCUT2D eigenvalue weighted by Gasteiger charge is 2.42. The van der Waals surface area contributed by atoms with E-state index in [1.54, 1.807) is 11.9 Å². The van der Waals surface area contributed by atoms with E-state index in [2.05, 4.69) is 31.9 Å². The highest BCUT2D eigenvalue weighted by atomic mass is 79.9. The molecule has 2 aromatic carbocycles. The second-order valence-corrected chi connectivity index (χ2v) is 7.60. The van der Waals surface area contributed by atoms with Crippen molar-refractivity contribution in [1.82, 2.24) is 0 Å². The zero-order chi connectivity index (χ0) is 17.7. The van der Waals surface area contributed by atoms with Crippen LogP contribution >= 0.6 is 31.9 Å². The van der Waals surface area contributed by atoms with Crippen molar-refractivity contribution in [3.05, 3.63) is 68.4 Å². The Bertz CT molecular complexity index is 938. The largest absolute Gasteiger partial charge is 0.383 e. The molecule has 5 nitrogen and oxygen atoms in total. The molecule has 0 atom stereocenters. The van der Waals surface area contributed by atoms with Gasteiger partial charge in [-0.25, -0.2) is 9.59 Å². The van der Waals surface area contributed by atoms with E-state index in [0.29, 0.717) is 6.54 Å². The number of likely N-dealkylation sites (N-methyl/N-ethyl adjacent to an activating group) is 1. The number of halogens is 2. The van der Waals surface area contributed by atoms with Crippen LogP contribution in [0, 0.1) is 0 Å². The quantitative estimate of drug-likeness (QED) is 0.473. The Hall–Kier alpha value is -2.12. The SMILES string of the molecule is CN1C2=C(C(=O)OC2=O)N(c2ccc(Br)cc2)Cc2cc(Br)ccc21. The van der Waals surface area contributed by atoms with Crippen molar-refractivity contribution in [3.8, 4) is 0 Å². The Morgan fingerprint density at radius 2 is 1.56 bits per heavy atom. The summed E-state index contributed by atoms with van der Waals surface area (Å²) in [5, 5.41) is 0. The number of esters is 2. The summed E-state index contributed by atoms with van der Waals surface area (Å²) in [5.41, 5.74) is 3.19. The number of cyclic esters (lactones) is 2. The highest BCUT2D eigenvalue weighted by molar-refractivity contribution is 9.10. The number of benzene rings is 2. The third kappa shape index (κ3) is 2.67. The zero-order valence-corrected chi connectivity index (χ0v) is 16.3. The number of fused-ring (bicyclic) bond motifs is 1. The third-order valence-electron chi connectivity index (χ3n) is 4.27. The Morgan fingerprint density at radius 1 is 0.920 bits per heavy atom. The first-order valence-corrected chi connectivity index (χ1v) is 9.10. The molecule has 2 heterocycles. The standard InChI is InChI=1S/C18H12Br2N2O3/c1-21-14-7-4-12(20)8-10(14)9-22(13-5-2-11(19)3-6-13)16-15(21)17(23)25-18(16)24/h2-8H,9H2,1H3. The van der Waals surface area contributed by atoms with Crippen molar-refractivity contribution in [2.75, 3.05) is 16.8 Å². The number of carbonyl (C=O) groups is 2. The van der Waals surface area contributed by atoms with E-state index in [-0.39, 0.29) is 11.4 Å². The van der Waals surface area contributed by atoms with Crippen molar-refractivity contribution in [2.45, 2.75) is 6.54 Å². The lowest BCUT2D eigenvalue weighted by Crippen LogP contribution is -2.26. The molecule has 4 rings (SSSR count). The molecule has 7 heteroatoms. The number of carbonyl (C=O) groups excluding carboxylic acids is 2. The summed E-state index contributed by atoms with van der Waals surface area (Å²) in [5.74, 6) is -1.25. The van der Waals surface area contributed by atoms with Crippen LogP contribution in [0.2, 0.25) is 0 Å². The first kappa shape index (κ1) is 16.4. The van der Waals surface area contributed by atoms with Crippen LogP contribution in [0.1, 0.15) is 5.56 Å². The van der Waals surface area contributed by atoms with Gasteiger partial charge < -0.3 is 14.5 Å². The summed E-state index contributed by atoms with van der Waals surface area (Å²) >= 11 is 6.91. The van der Waals surface area contributed by atoms with Crippen molar-refractivity contribution < 1.29 is 14.3 Å². The van der Waals surface area contributed by atoms with Gasteiger partial charge in [-0.3, -0.25) is 0 Å². The Balaban J connectivity index is 1.95. The van der Waals surface area contributed by atoms with Crippen molar-refractivity contribution >= 4 is 55.2 Å². The van der Waals surface area contributed by atoms with Crippen molar-refractivity contribution in [2.24, 2.45) is 0 Å². The molecule has 0 bridgehead atoms. The van der Waals surface area contributed by atoms with E-state index in [4.69, 9.17) is 4.74 Å². The molecular weight excluding hydrogens is 452 g/mol. The second-order valence-electron chi connectivity index (χ2n) is 5.77. The van der Waals surface area contributed by atoms with E-state index in [1.807, 2.05) is 47.4 Å². The maximum Gasteiger partial charge on any atom is 0.365 e. The smallest absolute Gasteiger partial charge is 0.365 e. The fourth-order valence-corrected chi connectivity index (χ4v) is 3.80. The van der Waals surface area contributed by atoms with Gasteiger partial charge in [-0.2, -0.15) is 0 Å². The maximum atomic E-state index is 12.4. The van der Waals surface area contributed by atoms with E-state index < -0.39 is 11.9 Å². The minimum atomic E-state index is -0.625. The molecule has 0 unspecified atom stereocenters. The van der Waals surface area contributed by atoms with Crippen LogP contribution in [-0.2, 0) is 20.9 Å². The Kier molecular flexibility index (Phi) is 3.92. The molecule has 0 amide bonds. The normalized spacial score (nSPS) is 16.6. The van der Waals surface area contributed by atoms with Crippen molar-refractivity contribution in [3.63, 3.8) is 0 Å². The molecule has 0 saturated carbocycles. The van der Waals surface area contributed by atoms with E-state index in [1.165, 1.54) is 0 Å². The molecule has 0 N–H and O–H groups in total. The van der Waals surface area contributed by atoms with Gasteiger partial charge in [0.2, 0.25) is 0 Å². The molecule has 0 aliphatic carbocycles. The maximum absolute atomic E-state index is 12.4. The predicted molar refractivity (Wildman–Crippen MR) is 101 cm³/mol. The van der Waals surface area contributed by atoms with Gasteiger partial charge in [0, 0.05) is 27.4 Å². The number of hydrogen-bond donors (Lipinski definition) is 0. The first-order chi connectivity index (χ1) is 12.0. The number of anilines is 2. The molecule has 25 heavy (non-hydrogen) atoms. The predicted octanol–water partition coefficient (Wildman–Crippen LogP) is 3.96. The Labute approximate surface area is 161 Å². The lowest BCUT2D eigenvalue weighted by molar-refractivity contribution is -0.151. The number of hydrogen-bond acceptors (Lipinski definition) is 5. The molecule has 126 valence electrons. The summed E-state index contributed by atoms with van der Waals surface area (Å²) in [6.07, 6.45) is 0. The fourth-order valence-electron chi connectivity index (χ4n) is 3.13. The lowest BCUT2D eigenvalue weighted by atomic mass is 10.1. The summed E-state index contributed by atoms with van der Waals surface area (Å²) in [4.78, 5) is 28.3. The number of ether oxygens (including phenoxy) is 1. The van der Waals surface area contributed by atoms with Crippen LogP contribution < -0.4 is 9.80 Å². The fraction of sp³-hybridized carbons (Fsp3) is 0.111. The van der Waals surface area contributed by atoms with Gasteiger partial charge in [-0.1, -0.05) is 31.9 Å². The van der Waals surface area contributed by atoms with E-state index in [0.717, 1.165) is 25.9 Å². The number of rotatable bonds is 1. The van der Waals surface area contributed by atoms with Crippen LogP contribution in [0.25, 0.3) is 0 Å². The van der Waals surface area contributed by atoms with Crippen LogP contribution in [0.3, 0.4) is 0 Å². The average Bonchev–Trinajstić information content (AvgIpc) is 2.79. The zero-order valence-electron chi connectivity index (χ0n) is 13.1. The van der Waals surface area contributed by atoms with Crippen LogP contribution in [0.5, 0.6) is 0 Å². The van der Waals surface area contributed by atoms with Gasteiger partial charge in [-0.05, 0) is 48.0 Å². The molecule has 0 saturated heterocycles. The van der Waals surface area contributed by atoms with Gasteiger partial charge in [0.15, 0.2) is 11.4 Å². The minimum Gasteiger partial charge on any atom is -0.383 e. The van der Waals surface area contributed by atoms with Gasteiger partial charge >= 0.3 is 11.9 Å². The van der Waals surface area contributed by atoms with Crippen LogP contribution in [-0.4, -0.2) is 19.0 Å². The molecule has 0 aromatic heterocycles. The van der Waals surface area contributed by atoms with Gasteiger partial charge in [0.1, 0.15) is 0 Å². The molecule has 2 aromatic rings. The highest BCUT2D eigenvalue weighted by Crippen LogP contribution is 2.38. The van der Waals surface area contributed by atoms with Crippen LogP contribution in [0.15, 0.2) is 62.8 Å². The first-order valence-electron chi connectivity index (χ1n) is 7.52. The summed E-state index contributed by atoms with van der Waals surface area (Å²) in [6.45, 7) is 0.446. The third-order valence-corrected chi connectivity index (χ3v) is 5.29. The molecule has 0 fully saturated rings. The van der Waals surface area contributed by atoms with Gasteiger partial charge in [0.25, 0.3) is 0 Å². The molecule has 2 aliphatic heterocycles. The molecule has 2 aliphatic rings. The van der Waals surface area contributed by atoms with Gasteiger partial charge in [-0.15, -0.1) is 0 Å². The van der Waals surface area contributed by atoms with Crippen LogP contribution in [0.4, 0.5) is 11.4 Å². The summed E-state index contributed by atoms with van der Waals surface area (Å²) in [6, 6.07) is 13.4. The summed E-state index contributed by atoms with van der Waals surface area (Å²) in [7, 11) is 1.77. The van der Waals surface area contributed by atoms with Gasteiger partial charge in [0.05, 0.1) is 6.54 Å². The van der Waals surface area contributed by atoms with Crippen molar-refractivity contribution in [1.29, 1.82) is 0 Å². The molecular formula is C18H12Br2N2O3. The molecule has 0 spiro atoms. The van der Waals surface area contributed by atoms with E-state index in [9.17, 15) is 9.59 Å². The summed E-state index contributed by atoms with van der Waals surface area (Å²) < 4.78 is 6.77. The monoisotopic (exact) mass is 462 g/mol. The lowest BCUT2D eigenvalue weighted by Gasteiger charge is -2.23. The molecule has 0 radical (unpaired) electrons. The Morgan fingerprint density at radius 3 is 2.28 bits per heavy atom. The van der Waals surface area contributed by atoms with E-state index >= 15 is 0 Å². The number of nitrogens with zero attached hydrogens (tertiary/aromatic N) is 2. The topological polar surface area (TPSA) is 49.9 Å². The second kappa shape index (κ2) is 6.00. The minimum absolute atomic E-state index is 0.258. The average molecular weight is 464 g/mol.